The maximum Gasteiger partial charge on any atom is 0.253 e. The third-order valence-electron chi connectivity index (χ3n) is 4.05. The molecule has 156 valence electrons. The van der Waals surface area contributed by atoms with Crippen molar-refractivity contribution in [1.29, 1.82) is 0 Å². The monoisotopic (exact) mass is 425 g/mol. The van der Waals surface area contributed by atoms with Gasteiger partial charge >= 0.3 is 0 Å². The van der Waals surface area contributed by atoms with E-state index in [4.69, 9.17) is 0 Å². The fourth-order valence-electron chi connectivity index (χ4n) is 2.63. The second-order valence-electron chi connectivity index (χ2n) is 6.60. The number of carbonyl (C=O) groups is 2. The van der Waals surface area contributed by atoms with Crippen molar-refractivity contribution in [3.8, 4) is 0 Å². The molecular weight excluding hydrogens is 404 g/mol. The van der Waals surface area contributed by atoms with Crippen molar-refractivity contribution in [3.63, 3.8) is 0 Å². The van der Waals surface area contributed by atoms with E-state index in [1.54, 1.807) is 14.1 Å². The topological polar surface area (TPSA) is 86.8 Å². The first kappa shape index (κ1) is 22.3. The first-order valence-electron chi connectivity index (χ1n) is 8.49. The van der Waals surface area contributed by atoms with Crippen molar-refractivity contribution >= 4 is 33.2 Å². The average molecular weight is 425 g/mol. The number of hydrogen-bond acceptors (Lipinski definition) is 4. The number of rotatable bonds is 6. The summed E-state index contributed by atoms with van der Waals surface area (Å²) in [6.07, 6.45) is 0.861. The van der Waals surface area contributed by atoms with Gasteiger partial charge in [0.25, 0.3) is 5.91 Å². The molecule has 0 aliphatic carbocycles. The van der Waals surface area contributed by atoms with Crippen LogP contribution in [0.1, 0.15) is 17.3 Å². The van der Waals surface area contributed by atoms with Crippen LogP contribution in [0.5, 0.6) is 0 Å². The van der Waals surface area contributed by atoms with E-state index in [1.807, 2.05) is 0 Å². The highest BCUT2D eigenvalue weighted by Gasteiger charge is 2.30. The number of anilines is 2. The lowest BCUT2D eigenvalue weighted by Crippen LogP contribution is -2.45. The molecule has 2 amide bonds. The van der Waals surface area contributed by atoms with Crippen LogP contribution in [0.25, 0.3) is 0 Å². The molecule has 7 nitrogen and oxygen atoms in total. The normalized spacial score (nSPS) is 12.2. The fourth-order valence-corrected chi connectivity index (χ4v) is 3.80. The number of hydrogen-bond donors (Lipinski definition) is 1. The van der Waals surface area contributed by atoms with Crippen LogP contribution in [-0.2, 0) is 14.8 Å². The first-order valence-corrected chi connectivity index (χ1v) is 10.3. The molecule has 0 heterocycles. The van der Waals surface area contributed by atoms with Gasteiger partial charge < -0.3 is 10.2 Å². The summed E-state index contributed by atoms with van der Waals surface area (Å²) in [5, 5.41) is 2.55. The summed E-state index contributed by atoms with van der Waals surface area (Å²) in [6, 6.07) is 7.37. The van der Waals surface area contributed by atoms with Gasteiger partial charge in [-0.2, -0.15) is 0 Å². The summed E-state index contributed by atoms with van der Waals surface area (Å²) in [6.45, 7) is 1.32. The highest BCUT2D eigenvalue weighted by molar-refractivity contribution is 7.92. The maximum atomic E-state index is 13.6. The molecule has 0 fully saturated rings. The summed E-state index contributed by atoms with van der Waals surface area (Å²) in [5.41, 5.74) is 0.581. The standard InChI is InChI=1S/C19H21F2N3O4S/c1-12(24(29(4,27)28)15-9-10-16(20)17(21)11-15)18(25)22-14-7-5-13(6-8-14)19(26)23(2)3/h5-12H,1-4H3,(H,22,25)/t12-/m1/s1. The molecule has 0 aliphatic rings. The van der Waals surface area contributed by atoms with E-state index < -0.39 is 33.6 Å². The third-order valence-corrected chi connectivity index (χ3v) is 5.29. The van der Waals surface area contributed by atoms with Gasteiger partial charge in [-0.3, -0.25) is 13.9 Å². The van der Waals surface area contributed by atoms with Crippen molar-refractivity contribution in [1.82, 2.24) is 4.90 Å². The van der Waals surface area contributed by atoms with Gasteiger partial charge in [0, 0.05) is 31.4 Å². The zero-order valence-corrected chi connectivity index (χ0v) is 17.1. The van der Waals surface area contributed by atoms with Gasteiger partial charge in [-0.05, 0) is 43.3 Å². The quantitative estimate of drug-likeness (QED) is 0.770. The molecule has 2 aromatic carbocycles. The zero-order chi connectivity index (χ0) is 21.9. The SMILES string of the molecule is C[C@H](C(=O)Nc1ccc(C(=O)N(C)C)cc1)N(c1ccc(F)c(F)c1)S(C)(=O)=O. The van der Waals surface area contributed by atoms with E-state index in [2.05, 4.69) is 5.32 Å². The van der Waals surface area contributed by atoms with Crippen LogP contribution < -0.4 is 9.62 Å². The molecule has 0 saturated carbocycles. The fraction of sp³-hybridized carbons (Fsp3) is 0.263. The Bertz CT molecular complexity index is 1020. The number of carbonyl (C=O) groups excluding carboxylic acids is 2. The van der Waals surface area contributed by atoms with Gasteiger partial charge in [-0.1, -0.05) is 0 Å². The summed E-state index contributed by atoms with van der Waals surface area (Å²) in [7, 11) is -0.761. The van der Waals surface area contributed by atoms with Crippen molar-refractivity contribution in [2.45, 2.75) is 13.0 Å². The van der Waals surface area contributed by atoms with Crippen LogP contribution in [0.2, 0.25) is 0 Å². The Hall–Kier alpha value is -3.01. The maximum absolute atomic E-state index is 13.6. The van der Waals surface area contributed by atoms with Crippen LogP contribution in [0.4, 0.5) is 20.2 Å². The first-order chi connectivity index (χ1) is 13.4. The predicted molar refractivity (Wildman–Crippen MR) is 106 cm³/mol. The molecule has 0 spiro atoms. The summed E-state index contributed by atoms with van der Waals surface area (Å²) in [5.74, 6) is -3.26. The Kier molecular flexibility index (Phi) is 6.58. The molecule has 2 aromatic rings. The Balaban J connectivity index is 2.25. The molecule has 0 saturated heterocycles. The average Bonchev–Trinajstić information content (AvgIpc) is 2.63. The Labute approximate surface area is 168 Å². The van der Waals surface area contributed by atoms with Gasteiger partial charge in [0.1, 0.15) is 6.04 Å². The molecule has 29 heavy (non-hydrogen) atoms. The molecule has 0 aliphatic heterocycles. The number of nitrogens with one attached hydrogen (secondary N) is 1. The lowest BCUT2D eigenvalue weighted by Gasteiger charge is -2.28. The van der Waals surface area contributed by atoms with Crippen LogP contribution in [0.3, 0.4) is 0 Å². The Morgan fingerprint density at radius 1 is 1.00 bits per heavy atom. The zero-order valence-electron chi connectivity index (χ0n) is 16.3. The van der Waals surface area contributed by atoms with Crippen LogP contribution in [0, 0.1) is 11.6 Å². The minimum atomic E-state index is -3.98. The molecule has 0 aromatic heterocycles. The largest absolute Gasteiger partial charge is 0.345 e. The van der Waals surface area contributed by atoms with Gasteiger partial charge in [-0.15, -0.1) is 0 Å². The van der Waals surface area contributed by atoms with E-state index in [0.29, 0.717) is 21.6 Å². The molecule has 1 atom stereocenters. The van der Waals surface area contributed by atoms with Crippen molar-refractivity contribution in [2.24, 2.45) is 0 Å². The number of benzene rings is 2. The second kappa shape index (κ2) is 8.56. The van der Waals surface area contributed by atoms with E-state index in [9.17, 15) is 26.8 Å². The van der Waals surface area contributed by atoms with Gasteiger partial charge in [0.15, 0.2) is 11.6 Å². The van der Waals surface area contributed by atoms with Crippen molar-refractivity contribution in [2.75, 3.05) is 30.0 Å². The smallest absolute Gasteiger partial charge is 0.253 e. The van der Waals surface area contributed by atoms with Crippen LogP contribution in [0.15, 0.2) is 42.5 Å². The second-order valence-corrected chi connectivity index (χ2v) is 8.46. The highest BCUT2D eigenvalue weighted by atomic mass is 32.2. The molecule has 0 unspecified atom stereocenters. The minimum Gasteiger partial charge on any atom is -0.345 e. The van der Waals surface area contributed by atoms with Crippen molar-refractivity contribution in [3.05, 3.63) is 59.7 Å². The van der Waals surface area contributed by atoms with Crippen LogP contribution in [-0.4, -0.2) is 51.5 Å². The molecule has 2 rings (SSSR count). The molecule has 10 heteroatoms. The van der Waals surface area contributed by atoms with Crippen LogP contribution >= 0.6 is 0 Å². The lowest BCUT2D eigenvalue weighted by atomic mass is 10.2. The van der Waals surface area contributed by atoms with E-state index in [1.165, 1.54) is 36.1 Å². The van der Waals surface area contributed by atoms with Gasteiger partial charge in [0.05, 0.1) is 11.9 Å². The molecule has 0 bridgehead atoms. The number of nitrogens with zero attached hydrogens (tertiary/aromatic N) is 2. The third kappa shape index (κ3) is 5.29. The summed E-state index contributed by atoms with van der Waals surface area (Å²) in [4.78, 5) is 25.9. The minimum absolute atomic E-state index is 0.180. The number of sulfonamides is 1. The summed E-state index contributed by atoms with van der Waals surface area (Å²) < 4.78 is 51.9. The van der Waals surface area contributed by atoms with Gasteiger partial charge in [0.2, 0.25) is 15.9 Å². The Morgan fingerprint density at radius 3 is 2.07 bits per heavy atom. The molecule has 1 N–H and O–H groups in total. The van der Waals surface area contributed by atoms with E-state index in [0.717, 1.165) is 18.4 Å². The molecule has 0 radical (unpaired) electrons. The van der Waals surface area contributed by atoms with Crippen molar-refractivity contribution < 1.29 is 26.8 Å². The van der Waals surface area contributed by atoms with Gasteiger partial charge in [-0.25, -0.2) is 17.2 Å². The highest BCUT2D eigenvalue weighted by Crippen LogP contribution is 2.24. The number of amides is 2. The molecular formula is C19H21F2N3O4S. The predicted octanol–water partition coefficient (Wildman–Crippen LogP) is 2.46. The van der Waals surface area contributed by atoms with E-state index >= 15 is 0 Å². The van der Waals surface area contributed by atoms with E-state index in [-0.39, 0.29) is 11.6 Å². The Morgan fingerprint density at radius 2 is 1.59 bits per heavy atom. The lowest BCUT2D eigenvalue weighted by molar-refractivity contribution is -0.116. The number of halogens is 2. The summed E-state index contributed by atoms with van der Waals surface area (Å²) >= 11 is 0.